The third kappa shape index (κ3) is 3.06. The predicted octanol–water partition coefficient (Wildman–Crippen LogP) is 1.75. The molecule has 0 aliphatic carbocycles. The van der Waals surface area contributed by atoms with E-state index in [9.17, 15) is 9.59 Å². The van der Waals surface area contributed by atoms with Crippen molar-refractivity contribution in [3.63, 3.8) is 0 Å². The number of carbonyl (C=O) groups excluding carboxylic acids is 2. The van der Waals surface area contributed by atoms with Gasteiger partial charge < -0.3 is 9.47 Å². The molecule has 0 aliphatic heterocycles. The third-order valence-corrected chi connectivity index (χ3v) is 2.69. The van der Waals surface area contributed by atoms with Gasteiger partial charge in [0.1, 0.15) is 0 Å². The minimum absolute atomic E-state index is 0.427. The van der Waals surface area contributed by atoms with Crippen molar-refractivity contribution in [3.8, 4) is 0 Å². The second-order valence-corrected chi connectivity index (χ2v) is 3.72. The summed E-state index contributed by atoms with van der Waals surface area (Å²) in [7, 11) is 2.61. The maximum atomic E-state index is 11.7. The van der Waals surface area contributed by atoms with Gasteiger partial charge in [0.05, 0.1) is 26.1 Å². The van der Waals surface area contributed by atoms with E-state index in [0.29, 0.717) is 0 Å². The van der Waals surface area contributed by atoms with Crippen molar-refractivity contribution in [2.75, 3.05) is 14.2 Å². The Morgan fingerprint density at radius 2 is 1.53 bits per heavy atom. The zero-order valence-corrected chi connectivity index (χ0v) is 10.2. The highest BCUT2D eigenvalue weighted by atomic mass is 16.5. The van der Waals surface area contributed by atoms with Gasteiger partial charge in [0.15, 0.2) is 0 Å². The Hall–Kier alpha value is -1.84. The molecule has 0 saturated heterocycles. The largest absolute Gasteiger partial charge is 0.469 e. The Morgan fingerprint density at radius 3 is 2.00 bits per heavy atom. The maximum Gasteiger partial charge on any atom is 0.314 e. The smallest absolute Gasteiger partial charge is 0.314 e. The number of carbonyl (C=O) groups is 2. The summed E-state index contributed by atoms with van der Waals surface area (Å²) in [5, 5.41) is 0. The van der Waals surface area contributed by atoms with E-state index in [-0.39, 0.29) is 0 Å². The van der Waals surface area contributed by atoms with E-state index < -0.39 is 23.8 Å². The van der Waals surface area contributed by atoms with Crippen LogP contribution in [-0.2, 0) is 19.1 Å². The summed E-state index contributed by atoms with van der Waals surface area (Å²) in [6.45, 7) is 1.65. The molecule has 0 aliphatic rings. The summed E-state index contributed by atoms with van der Waals surface area (Å²) in [6.07, 6.45) is 0. The molecule has 4 nitrogen and oxygen atoms in total. The Kier molecular flexibility index (Phi) is 4.69. The van der Waals surface area contributed by atoms with Crippen LogP contribution >= 0.6 is 0 Å². The number of methoxy groups -OCH3 is 2. The first kappa shape index (κ1) is 13.2. The predicted molar refractivity (Wildman–Crippen MR) is 62.4 cm³/mol. The molecule has 0 radical (unpaired) electrons. The van der Waals surface area contributed by atoms with Crippen molar-refractivity contribution in [3.05, 3.63) is 35.9 Å². The van der Waals surface area contributed by atoms with E-state index in [1.807, 2.05) is 18.2 Å². The quantitative estimate of drug-likeness (QED) is 0.747. The summed E-state index contributed by atoms with van der Waals surface area (Å²) >= 11 is 0. The Bertz CT molecular complexity index is 386. The van der Waals surface area contributed by atoms with Crippen molar-refractivity contribution in [1.29, 1.82) is 0 Å². The molecule has 2 atom stereocenters. The molecule has 2 unspecified atom stereocenters. The summed E-state index contributed by atoms with van der Waals surface area (Å²) in [5.74, 6) is -2.07. The highest BCUT2D eigenvalue weighted by molar-refractivity contribution is 5.85. The second kappa shape index (κ2) is 6.03. The van der Waals surface area contributed by atoms with E-state index in [1.165, 1.54) is 14.2 Å². The van der Waals surface area contributed by atoms with Gasteiger partial charge in [0.2, 0.25) is 0 Å². The lowest BCUT2D eigenvalue weighted by Gasteiger charge is -2.20. The molecule has 1 aromatic carbocycles. The van der Waals surface area contributed by atoms with Gasteiger partial charge in [-0.25, -0.2) is 0 Å². The molecule has 0 N–H and O–H groups in total. The highest BCUT2D eigenvalue weighted by Crippen LogP contribution is 2.26. The Labute approximate surface area is 101 Å². The molecule has 4 heteroatoms. The van der Waals surface area contributed by atoms with E-state index in [2.05, 4.69) is 4.74 Å². The van der Waals surface area contributed by atoms with Gasteiger partial charge in [0, 0.05) is 0 Å². The molecule has 0 spiro atoms. The van der Waals surface area contributed by atoms with Crippen molar-refractivity contribution < 1.29 is 19.1 Å². The standard InChI is InChI=1S/C13H16O4/c1-9(12(14)16-2)11(13(15)17-3)10-7-5-4-6-8-10/h4-9,11H,1-3H3. The number of hydrogen-bond acceptors (Lipinski definition) is 4. The Morgan fingerprint density at radius 1 is 1.00 bits per heavy atom. The third-order valence-electron chi connectivity index (χ3n) is 2.69. The normalized spacial score (nSPS) is 13.6. The van der Waals surface area contributed by atoms with Gasteiger partial charge in [-0.3, -0.25) is 9.59 Å². The number of benzene rings is 1. The van der Waals surface area contributed by atoms with Crippen LogP contribution in [0.25, 0.3) is 0 Å². The van der Waals surface area contributed by atoms with Crippen LogP contribution in [-0.4, -0.2) is 26.2 Å². The molecule has 0 amide bonds. The summed E-state index contributed by atoms with van der Waals surface area (Å²) in [6, 6.07) is 9.06. The molecule has 1 aromatic rings. The molecule has 0 aromatic heterocycles. The lowest BCUT2D eigenvalue weighted by Crippen LogP contribution is -2.27. The van der Waals surface area contributed by atoms with Gasteiger partial charge in [-0.2, -0.15) is 0 Å². The molecular formula is C13H16O4. The molecule has 92 valence electrons. The molecule has 1 rings (SSSR count). The van der Waals surface area contributed by atoms with Crippen LogP contribution in [0.3, 0.4) is 0 Å². The maximum absolute atomic E-state index is 11.7. The van der Waals surface area contributed by atoms with E-state index in [0.717, 1.165) is 5.56 Å². The summed E-state index contributed by atoms with van der Waals surface area (Å²) in [5.41, 5.74) is 0.747. The molecule has 0 saturated carbocycles. The average Bonchev–Trinajstić information content (AvgIpc) is 2.38. The minimum Gasteiger partial charge on any atom is -0.469 e. The SMILES string of the molecule is COC(=O)C(C)C(C(=O)OC)c1ccccc1. The number of hydrogen-bond donors (Lipinski definition) is 0. The van der Waals surface area contributed by atoms with Gasteiger partial charge in [-0.1, -0.05) is 37.3 Å². The van der Waals surface area contributed by atoms with Crippen molar-refractivity contribution in [2.45, 2.75) is 12.8 Å². The summed E-state index contributed by atoms with van der Waals surface area (Å²) < 4.78 is 9.40. The average molecular weight is 236 g/mol. The van der Waals surface area contributed by atoms with Crippen LogP contribution in [0, 0.1) is 5.92 Å². The lowest BCUT2D eigenvalue weighted by atomic mass is 9.87. The topological polar surface area (TPSA) is 52.6 Å². The van der Waals surface area contributed by atoms with Crippen LogP contribution in [0.4, 0.5) is 0 Å². The zero-order chi connectivity index (χ0) is 12.8. The van der Waals surface area contributed by atoms with E-state index in [4.69, 9.17) is 4.74 Å². The Balaban J connectivity index is 3.05. The van der Waals surface area contributed by atoms with Crippen molar-refractivity contribution in [2.24, 2.45) is 5.92 Å². The fourth-order valence-corrected chi connectivity index (χ4v) is 1.74. The monoisotopic (exact) mass is 236 g/mol. The highest BCUT2D eigenvalue weighted by Gasteiger charge is 2.33. The van der Waals surface area contributed by atoms with Crippen LogP contribution in [0.15, 0.2) is 30.3 Å². The van der Waals surface area contributed by atoms with Gasteiger partial charge in [0.25, 0.3) is 0 Å². The van der Waals surface area contributed by atoms with Gasteiger partial charge in [-0.05, 0) is 5.56 Å². The van der Waals surface area contributed by atoms with Crippen LogP contribution in [0.2, 0.25) is 0 Å². The van der Waals surface area contributed by atoms with Crippen LogP contribution in [0.1, 0.15) is 18.4 Å². The molecule has 0 fully saturated rings. The fraction of sp³-hybridized carbons (Fsp3) is 0.385. The van der Waals surface area contributed by atoms with Crippen molar-refractivity contribution in [1.82, 2.24) is 0 Å². The first-order valence-corrected chi connectivity index (χ1v) is 5.32. The first-order chi connectivity index (χ1) is 8.11. The number of rotatable bonds is 4. The molecule has 0 heterocycles. The van der Waals surface area contributed by atoms with Crippen LogP contribution in [0.5, 0.6) is 0 Å². The molecular weight excluding hydrogens is 220 g/mol. The molecule has 17 heavy (non-hydrogen) atoms. The van der Waals surface area contributed by atoms with E-state index in [1.54, 1.807) is 19.1 Å². The zero-order valence-electron chi connectivity index (χ0n) is 10.2. The van der Waals surface area contributed by atoms with E-state index >= 15 is 0 Å². The van der Waals surface area contributed by atoms with Crippen molar-refractivity contribution >= 4 is 11.9 Å². The number of esters is 2. The molecule has 0 bridgehead atoms. The minimum atomic E-state index is -0.631. The second-order valence-electron chi connectivity index (χ2n) is 3.72. The summed E-state index contributed by atoms with van der Waals surface area (Å²) in [4.78, 5) is 23.3. The number of ether oxygens (including phenoxy) is 2. The van der Waals surface area contributed by atoms with Gasteiger partial charge >= 0.3 is 11.9 Å². The van der Waals surface area contributed by atoms with Crippen LogP contribution < -0.4 is 0 Å². The van der Waals surface area contributed by atoms with Gasteiger partial charge in [-0.15, -0.1) is 0 Å². The fourth-order valence-electron chi connectivity index (χ4n) is 1.74. The lowest BCUT2D eigenvalue weighted by molar-refractivity contribution is -0.153. The first-order valence-electron chi connectivity index (χ1n) is 5.32.